The highest BCUT2D eigenvalue weighted by Gasteiger charge is 2.16. The van der Waals surface area contributed by atoms with Crippen LogP contribution in [-0.4, -0.2) is 39.7 Å². The number of rotatable bonds is 8. The van der Waals surface area contributed by atoms with Crippen molar-refractivity contribution in [2.24, 2.45) is 0 Å². The van der Waals surface area contributed by atoms with Crippen molar-refractivity contribution in [1.29, 1.82) is 0 Å². The number of nitrogens with one attached hydrogen (secondary N) is 3. The first kappa shape index (κ1) is 15.2. The van der Waals surface area contributed by atoms with Crippen LogP contribution in [0.4, 0.5) is 0 Å². The van der Waals surface area contributed by atoms with Gasteiger partial charge in [0.15, 0.2) is 0 Å². The van der Waals surface area contributed by atoms with Gasteiger partial charge >= 0.3 is 0 Å². The van der Waals surface area contributed by atoms with E-state index in [4.69, 9.17) is 4.74 Å². The molecule has 6 nitrogen and oxygen atoms in total. The fraction of sp³-hybridized carbons (Fsp3) is 0.636. The first-order chi connectivity index (χ1) is 8.49. The third kappa shape index (κ3) is 4.41. The summed E-state index contributed by atoms with van der Waals surface area (Å²) in [6.45, 7) is 5.52. The molecule has 0 amide bonds. The number of hydrogen-bond acceptors (Lipinski definition) is 4. The first-order valence-electron chi connectivity index (χ1n) is 5.90. The van der Waals surface area contributed by atoms with Crippen LogP contribution in [0.25, 0.3) is 0 Å². The van der Waals surface area contributed by atoms with Crippen molar-refractivity contribution in [2.75, 3.05) is 20.2 Å². The number of methoxy groups -OCH3 is 1. The van der Waals surface area contributed by atoms with E-state index in [-0.39, 0.29) is 17.5 Å². The molecule has 7 heteroatoms. The van der Waals surface area contributed by atoms with E-state index in [9.17, 15) is 8.42 Å². The SMILES string of the molecule is CCNCc1cc(S(=O)(=O)NCC(C)OC)c[nH]1. The molecule has 0 aliphatic heterocycles. The molecule has 104 valence electrons. The van der Waals surface area contributed by atoms with Gasteiger partial charge < -0.3 is 15.0 Å². The van der Waals surface area contributed by atoms with E-state index in [1.165, 1.54) is 6.20 Å². The molecule has 0 bridgehead atoms. The van der Waals surface area contributed by atoms with Gasteiger partial charge in [-0.05, 0) is 19.5 Å². The molecule has 1 heterocycles. The van der Waals surface area contributed by atoms with Gasteiger partial charge in [-0.1, -0.05) is 6.92 Å². The lowest BCUT2D eigenvalue weighted by molar-refractivity contribution is 0.122. The molecule has 1 unspecified atom stereocenters. The summed E-state index contributed by atoms with van der Waals surface area (Å²) in [4.78, 5) is 3.18. The molecule has 0 aliphatic carbocycles. The predicted octanol–water partition coefficient (Wildman–Crippen LogP) is 0.437. The second-order valence-electron chi connectivity index (χ2n) is 4.04. The highest BCUT2D eigenvalue weighted by Crippen LogP contribution is 2.10. The molecule has 3 N–H and O–H groups in total. The number of aromatic amines is 1. The Morgan fingerprint density at radius 3 is 2.83 bits per heavy atom. The maximum Gasteiger partial charge on any atom is 0.242 e. The fourth-order valence-corrected chi connectivity index (χ4v) is 2.46. The van der Waals surface area contributed by atoms with Gasteiger partial charge in [0.1, 0.15) is 0 Å². The van der Waals surface area contributed by atoms with Crippen molar-refractivity contribution in [2.45, 2.75) is 31.4 Å². The highest BCUT2D eigenvalue weighted by atomic mass is 32.2. The van der Waals surface area contributed by atoms with Crippen LogP contribution in [0.2, 0.25) is 0 Å². The summed E-state index contributed by atoms with van der Waals surface area (Å²) in [5, 5.41) is 3.12. The van der Waals surface area contributed by atoms with Gasteiger partial charge in [-0.15, -0.1) is 0 Å². The molecule has 18 heavy (non-hydrogen) atoms. The Kier molecular flexibility index (Phi) is 5.80. The Hall–Kier alpha value is -0.890. The molecule has 0 fully saturated rings. The lowest BCUT2D eigenvalue weighted by Gasteiger charge is -2.10. The molecule has 1 aromatic heterocycles. The maximum atomic E-state index is 11.9. The lowest BCUT2D eigenvalue weighted by Crippen LogP contribution is -2.31. The van der Waals surface area contributed by atoms with E-state index in [2.05, 4.69) is 15.0 Å². The Balaban J connectivity index is 2.64. The van der Waals surface area contributed by atoms with Crippen molar-refractivity contribution in [1.82, 2.24) is 15.0 Å². The van der Waals surface area contributed by atoms with E-state index in [1.54, 1.807) is 20.1 Å². The van der Waals surface area contributed by atoms with Gasteiger partial charge in [0, 0.05) is 32.1 Å². The van der Waals surface area contributed by atoms with Gasteiger partial charge in [-0.25, -0.2) is 13.1 Å². The van der Waals surface area contributed by atoms with E-state index < -0.39 is 10.0 Å². The number of hydrogen-bond donors (Lipinski definition) is 3. The molecule has 0 aliphatic rings. The number of H-pyrrole nitrogens is 1. The third-order valence-electron chi connectivity index (χ3n) is 2.56. The van der Waals surface area contributed by atoms with Gasteiger partial charge in [0.2, 0.25) is 10.0 Å². The molecule has 0 saturated carbocycles. The minimum absolute atomic E-state index is 0.153. The van der Waals surface area contributed by atoms with Crippen LogP contribution in [-0.2, 0) is 21.3 Å². The average Bonchev–Trinajstić information content (AvgIpc) is 2.83. The van der Waals surface area contributed by atoms with Crippen LogP contribution in [0.3, 0.4) is 0 Å². The standard InChI is InChI=1S/C11H21N3O3S/c1-4-12-7-10-5-11(8-13-10)18(15,16)14-6-9(2)17-3/h5,8-9,12-14H,4,6-7H2,1-3H3. The molecule has 0 saturated heterocycles. The van der Waals surface area contributed by atoms with Crippen LogP contribution >= 0.6 is 0 Å². The zero-order valence-electron chi connectivity index (χ0n) is 11.0. The predicted molar refractivity (Wildman–Crippen MR) is 69.8 cm³/mol. The van der Waals surface area contributed by atoms with Crippen molar-refractivity contribution in [3.8, 4) is 0 Å². The van der Waals surface area contributed by atoms with Crippen molar-refractivity contribution < 1.29 is 13.2 Å². The monoisotopic (exact) mass is 275 g/mol. The molecule has 1 atom stereocenters. The first-order valence-corrected chi connectivity index (χ1v) is 7.38. The average molecular weight is 275 g/mol. The molecule has 0 radical (unpaired) electrons. The van der Waals surface area contributed by atoms with Crippen LogP contribution < -0.4 is 10.0 Å². The fourth-order valence-electron chi connectivity index (χ4n) is 1.33. The van der Waals surface area contributed by atoms with Crippen molar-refractivity contribution >= 4 is 10.0 Å². The Morgan fingerprint density at radius 2 is 2.22 bits per heavy atom. The van der Waals surface area contributed by atoms with Crippen LogP contribution in [0.5, 0.6) is 0 Å². The van der Waals surface area contributed by atoms with Gasteiger partial charge in [-0.2, -0.15) is 0 Å². The molecule has 0 spiro atoms. The minimum Gasteiger partial charge on any atom is -0.380 e. The van der Waals surface area contributed by atoms with Crippen LogP contribution in [0.1, 0.15) is 19.5 Å². The summed E-state index contributed by atoms with van der Waals surface area (Å²) >= 11 is 0. The van der Waals surface area contributed by atoms with E-state index in [1.807, 2.05) is 6.92 Å². The molecular formula is C11H21N3O3S. The number of aromatic nitrogens is 1. The lowest BCUT2D eigenvalue weighted by atomic mass is 10.4. The van der Waals surface area contributed by atoms with E-state index >= 15 is 0 Å². The Bertz CT molecular complexity index is 456. The van der Waals surface area contributed by atoms with E-state index in [0.29, 0.717) is 6.54 Å². The minimum atomic E-state index is -3.46. The van der Waals surface area contributed by atoms with E-state index in [0.717, 1.165) is 12.2 Å². The zero-order chi connectivity index (χ0) is 13.6. The van der Waals surface area contributed by atoms with Gasteiger partial charge in [0.05, 0.1) is 11.0 Å². The second kappa shape index (κ2) is 6.89. The molecular weight excluding hydrogens is 254 g/mol. The molecule has 1 rings (SSSR count). The smallest absolute Gasteiger partial charge is 0.242 e. The largest absolute Gasteiger partial charge is 0.380 e. The maximum absolute atomic E-state index is 11.9. The molecule has 1 aromatic rings. The zero-order valence-corrected chi connectivity index (χ0v) is 11.8. The van der Waals surface area contributed by atoms with Gasteiger partial charge in [-0.3, -0.25) is 0 Å². The van der Waals surface area contributed by atoms with Crippen molar-refractivity contribution in [3.05, 3.63) is 18.0 Å². The summed E-state index contributed by atoms with van der Waals surface area (Å²) in [6.07, 6.45) is 1.34. The Morgan fingerprint density at radius 1 is 1.50 bits per heavy atom. The highest BCUT2D eigenvalue weighted by molar-refractivity contribution is 7.89. The summed E-state index contributed by atoms with van der Waals surface area (Å²) in [5.41, 5.74) is 0.844. The summed E-state index contributed by atoms with van der Waals surface area (Å²) in [7, 11) is -1.91. The number of ether oxygens (including phenoxy) is 1. The summed E-state index contributed by atoms with van der Waals surface area (Å²) in [6, 6.07) is 1.63. The van der Waals surface area contributed by atoms with Crippen molar-refractivity contribution in [3.63, 3.8) is 0 Å². The third-order valence-corrected chi connectivity index (χ3v) is 3.96. The second-order valence-corrected chi connectivity index (χ2v) is 5.81. The molecule has 0 aromatic carbocycles. The Labute approximate surface area is 108 Å². The van der Waals surface area contributed by atoms with Crippen LogP contribution in [0.15, 0.2) is 17.2 Å². The topological polar surface area (TPSA) is 83.2 Å². The van der Waals surface area contributed by atoms with Gasteiger partial charge in [0.25, 0.3) is 0 Å². The normalized spacial score (nSPS) is 13.7. The summed E-state index contributed by atoms with van der Waals surface area (Å²) in [5.74, 6) is 0. The van der Waals surface area contributed by atoms with Crippen LogP contribution in [0, 0.1) is 0 Å². The number of sulfonamides is 1. The quantitative estimate of drug-likeness (QED) is 0.643. The summed E-state index contributed by atoms with van der Waals surface area (Å²) < 4.78 is 31.4.